The van der Waals surface area contributed by atoms with Crippen molar-refractivity contribution >= 4 is 16.7 Å². The molecule has 2 aromatic rings. The molecule has 16 heavy (non-hydrogen) atoms. The Morgan fingerprint density at radius 2 is 2.31 bits per heavy atom. The summed E-state index contributed by atoms with van der Waals surface area (Å²) in [6, 6.07) is 4.24. The van der Waals surface area contributed by atoms with Gasteiger partial charge in [0.05, 0.1) is 0 Å². The van der Waals surface area contributed by atoms with Crippen LogP contribution in [0.2, 0.25) is 0 Å². The van der Waals surface area contributed by atoms with E-state index in [0.29, 0.717) is 0 Å². The van der Waals surface area contributed by atoms with Crippen LogP contribution in [0.1, 0.15) is 37.3 Å². The van der Waals surface area contributed by atoms with Gasteiger partial charge < -0.3 is 4.42 Å². The van der Waals surface area contributed by atoms with E-state index >= 15 is 0 Å². The molecule has 0 saturated carbocycles. The van der Waals surface area contributed by atoms with Crippen LogP contribution in [0.4, 0.5) is 0 Å². The summed E-state index contributed by atoms with van der Waals surface area (Å²) in [7, 11) is 0. The summed E-state index contributed by atoms with van der Waals surface area (Å²) in [5.74, 6) is 0. The van der Waals surface area contributed by atoms with Crippen molar-refractivity contribution in [2.45, 2.75) is 32.6 Å². The maximum atomic E-state index is 5.52. The number of nitrogens with zero attached hydrogens (tertiary/aromatic N) is 1. The molecular weight excluding hydrogens is 198 g/mol. The Morgan fingerprint density at radius 3 is 3.19 bits per heavy atom. The van der Waals surface area contributed by atoms with E-state index < -0.39 is 0 Å². The van der Waals surface area contributed by atoms with Gasteiger partial charge in [0.15, 0.2) is 12.0 Å². The van der Waals surface area contributed by atoms with E-state index in [4.69, 9.17) is 4.42 Å². The standard InChI is InChI=1S/C14H15NO/c1-2-3-4-10-5-6-11-7-8-12-14(13(10)11)16-9-15-12/h4,7-9H,2-3,5-6H2,1H3/b10-4+. The number of aromatic nitrogens is 1. The number of fused-ring (bicyclic) bond motifs is 3. The molecule has 82 valence electrons. The molecule has 0 unspecified atom stereocenters. The van der Waals surface area contributed by atoms with Crippen LogP contribution < -0.4 is 0 Å². The Morgan fingerprint density at radius 1 is 1.38 bits per heavy atom. The lowest BCUT2D eigenvalue weighted by molar-refractivity contribution is 0.601. The predicted octanol–water partition coefficient (Wildman–Crippen LogP) is 3.96. The van der Waals surface area contributed by atoms with E-state index in [1.165, 1.54) is 23.1 Å². The first kappa shape index (κ1) is 9.64. The minimum Gasteiger partial charge on any atom is -0.443 e. The molecule has 1 aromatic carbocycles. The molecule has 2 heteroatoms. The first-order chi connectivity index (χ1) is 7.90. The second-order valence-electron chi connectivity index (χ2n) is 4.32. The van der Waals surface area contributed by atoms with Crippen molar-refractivity contribution < 1.29 is 4.42 Å². The Hall–Kier alpha value is -1.57. The fourth-order valence-electron chi connectivity index (χ4n) is 2.45. The maximum Gasteiger partial charge on any atom is 0.182 e. The predicted molar refractivity (Wildman–Crippen MR) is 65.2 cm³/mol. The molecule has 0 bridgehead atoms. The Bertz CT molecular complexity index is 551. The fourth-order valence-corrected chi connectivity index (χ4v) is 2.45. The number of hydrogen-bond acceptors (Lipinski definition) is 2. The van der Waals surface area contributed by atoms with Crippen LogP contribution in [-0.2, 0) is 6.42 Å². The van der Waals surface area contributed by atoms with Crippen molar-refractivity contribution in [3.05, 3.63) is 35.7 Å². The van der Waals surface area contributed by atoms with Crippen LogP contribution in [0.25, 0.3) is 16.7 Å². The van der Waals surface area contributed by atoms with Gasteiger partial charge in [-0.05, 0) is 36.5 Å². The van der Waals surface area contributed by atoms with Gasteiger partial charge in [-0.3, -0.25) is 0 Å². The third-order valence-corrected chi connectivity index (χ3v) is 3.25. The summed E-state index contributed by atoms with van der Waals surface area (Å²) in [5.41, 5.74) is 6.11. The molecule has 0 fully saturated rings. The molecule has 1 aromatic heterocycles. The van der Waals surface area contributed by atoms with Crippen LogP contribution in [0.5, 0.6) is 0 Å². The zero-order valence-electron chi connectivity index (χ0n) is 9.49. The highest BCUT2D eigenvalue weighted by Crippen LogP contribution is 2.37. The van der Waals surface area contributed by atoms with Gasteiger partial charge in [0.1, 0.15) is 5.52 Å². The third-order valence-electron chi connectivity index (χ3n) is 3.25. The molecule has 1 aliphatic carbocycles. The minimum atomic E-state index is 0.970. The third kappa shape index (κ3) is 1.37. The van der Waals surface area contributed by atoms with E-state index in [2.05, 4.69) is 30.1 Å². The molecule has 1 aliphatic rings. The summed E-state index contributed by atoms with van der Waals surface area (Å²) in [6.07, 6.45) is 8.54. The van der Waals surface area contributed by atoms with Gasteiger partial charge in [0.2, 0.25) is 0 Å². The van der Waals surface area contributed by atoms with Crippen molar-refractivity contribution in [2.75, 3.05) is 0 Å². The van der Waals surface area contributed by atoms with Crippen molar-refractivity contribution in [3.8, 4) is 0 Å². The highest BCUT2D eigenvalue weighted by molar-refractivity contribution is 5.91. The lowest BCUT2D eigenvalue weighted by Gasteiger charge is -2.01. The summed E-state index contributed by atoms with van der Waals surface area (Å²) in [5, 5.41) is 0. The second kappa shape index (κ2) is 3.78. The largest absolute Gasteiger partial charge is 0.443 e. The highest BCUT2D eigenvalue weighted by Gasteiger charge is 2.20. The number of unbranched alkanes of at least 4 members (excludes halogenated alkanes) is 1. The molecule has 0 spiro atoms. The number of hydrogen-bond donors (Lipinski definition) is 0. The maximum absolute atomic E-state index is 5.52. The summed E-state index contributed by atoms with van der Waals surface area (Å²) in [4.78, 5) is 4.22. The Balaban J connectivity index is 2.18. The Kier molecular flexibility index (Phi) is 2.28. The lowest BCUT2D eigenvalue weighted by Crippen LogP contribution is -1.82. The molecular formula is C14H15NO. The van der Waals surface area contributed by atoms with E-state index in [-0.39, 0.29) is 0 Å². The monoisotopic (exact) mass is 213 g/mol. The van der Waals surface area contributed by atoms with Crippen LogP contribution in [0.15, 0.2) is 29.0 Å². The molecule has 0 amide bonds. The molecule has 0 aliphatic heterocycles. The molecule has 0 N–H and O–H groups in total. The summed E-state index contributed by atoms with van der Waals surface area (Å²) >= 11 is 0. The fraction of sp³-hybridized carbons (Fsp3) is 0.357. The number of allylic oxidation sites excluding steroid dienone is 2. The zero-order chi connectivity index (χ0) is 11.0. The smallest absolute Gasteiger partial charge is 0.182 e. The summed E-state index contributed by atoms with van der Waals surface area (Å²) < 4.78 is 5.52. The molecule has 3 rings (SSSR count). The van der Waals surface area contributed by atoms with Gasteiger partial charge in [0, 0.05) is 5.56 Å². The van der Waals surface area contributed by atoms with Gasteiger partial charge >= 0.3 is 0 Å². The van der Waals surface area contributed by atoms with Gasteiger partial charge in [-0.15, -0.1) is 0 Å². The molecule has 2 nitrogen and oxygen atoms in total. The number of benzene rings is 1. The first-order valence-electron chi connectivity index (χ1n) is 5.94. The molecule has 0 atom stereocenters. The van der Waals surface area contributed by atoms with Gasteiger partial charge in [0.25, 0.3) is 0 Å². The second-order valence-corrected chi connectivity index (χ2v) is 4.32. The van der Waals surface area contributed by atoms with Crippen molar-refractivity contribution in [1.29, 1.82) is 0 Å². The van der Waals surface area contributed by atoms with E-state index in [9.17, 15) is 0 Å². The normalized spacial score (nSPS) is 17.2. The van der Waals surface area contributed by atoms with Crippen LogP contribution in [0, 0.1) is 0 Å². The average molecular weight is 213 g/mol. The van der Waals surface area contributed by atoms with Crippen LogP contribution in [0.3, 0.4) is 0 Å². The van der Waals surface area contributed by atoms with Crippen LogP contribution >= 0.6 is 0 Å². The van der Waals surface area contributed by atoms with Crippen LogP contribution in [-0.4, -0.2) is 4.98 Å². The minimum absolute atomic E-state index is 0.970. The molecule has 1 heterocycles. The summed E-state index contributed by atoms with van der Waals surface area (Å²) in [6.45, 7) is 2.21. The van der Waals surface area contributed by atoms with Gasteiger partial charge in [-0.25, -0.2) is 4.98 Å². The first-order valence-corrected chi connectivity index (χ1v) is 5.94. The Labute approximate surface area is 95.0 Å². The SMILES string of the molecule is CCC/C=C1\CCc2ccc3ncoc3c21. The van der Waals surface area contributed by atoms with Crippen molar-refractivity contribution in [1.82, 2.24) is 4.98 Å². The number of rotatable bonds is 2. The van der Waals surface area contributed by atoms with Crippen molar-refractivity contribution in [2.24, 2.45) is 0 Å². The van der Waals surface area contributed by atoms with Crippen molar-refractivity contribution in [3.63, 3.8) is 0 Å². The highest BCUT2D eigenvalue weighted by atomic mass is 16.3. The van der Waals surface area contributed by atoms with Gasteiger partial charge in [-0.1, -0.05) is 25.5 Å². The lowest BCUT2D eigenvalue weighted by atomic mass is 10.0. The number of oxazole rings is 1. The molecule has 0 radical (unpaired) electrons. The van der Waals surface area contributed by atoms with E-state index in [0.717, 1.165) is 30.4 Å². The quantitative estimate of drug-likeness (QED) is 0.754. The molecule has 0 saturated heterocycles. The number of aryl methyl sites for hydroxylation is 1. The van der Waals surface area contributed by atoms with Gasteiger partial charge in [-0.2, -0.15) is 0 Å². The topological polar surface area (TPSA) is 26.0 Å². The zero-order valence-corrected chi connectivity index (χ0v) is 9.49. The van der Waals surface area contributed by atoms with E-state index in [1.54, 1.807) is 6.39 Å². The van der Waals surface area contributed by atoms with E-state index in [1.807, 2.05) is 0 Å². The average Bonchev–Trinajstić information content (AvgIpc) is 2.91.